The molecule has 2 fully saturated rings. The highest BCUT2D eigenvalue weighted by atomic mass is 15.3. The number of hydrogen-bond acceptors (Lipinski definition) is 3. The van der Waals surface area contributed by atoms with Crippen molar-refractivity contribution in [1.29, 1.82) is 0 Å². The number of fused-ring (bicyclic) bond motifs is 1. The van der Waals surface area contributed by atoms with Crippen LogP contribution in [0.2, 0.25) is 0 Å². The third-order valence-corrected chi connectivity index (χ3v) is 4.91. The summed E-state index contributed by atoms with van der Waals surface area (Å²) in [6, 6.07) is 1.58. The molecule has 0 aromatic carbocycles. The first-order chi connectivity index (χ1) is 8.72. The highest BCUT2D eigenvalue weighted by Gasteiger charge is 2.33. The molecular weight excluding hydrogens is 222 g/mol. The summed E-state index contributed by atoms with van der Waals surface area (Å²) in [5.74, 6) is 0.754. The molecule has 18 heavy (non-hydrogen) atoms. The minimum Gasteiger partial charge on any atom is -0.316 e. The second kappa shape index (κ2) is 6.88. The Morgan fingerprint density at radius 2 is 2.06 bits per heavy atom. The second-order valence-corrected chi connectivity index (χ2v) is 6.25. The van der Waals surface area contributed by atoms with Crippen LogP contribution in [0.25, 0.3) is 0 Å². The predicted molar refractivity (Wildman–Crippen MR) is 78.0 cm³/mol. The third-order valence-electron chi connectivity index (χ3n) is 4.91. The summed E-state index contributed by atoms with van der Waals surface area (Å²) in [5.41, 5.74) is 0. The molecular formula is C15H31N3. The minimum atomic E-state index is 0.720. The molecule has 0 bridgehead atoms. The van der Waals surface area contributed by atoms with Gasteiger partial charge in [-0.1, -0.05) is 13.8 Å². The summed E-state index contributed by atoms with van der Waals surface area (Å²) in [4.78, 5) is 5.42. The van der Waals surface area contributed by atoms with Gasteiger partial charge in [0.2, 0.25) is 0 Å². The van der Waals surface area contributed by atoms with Crippen molar-refractivity contribution in [2.45, 2.75) is 52.1 Å². The molecule has 3 unspecified atom stereocenters. The molecule has 1 N–H and O–H groups in total. The quantitative estimate of drug-likeness (QED) is 0.728. The molecule has 3 nitrogen and oxygen atoms in total. The molecule has 106 valence electrons. The van der Waals surface area contributed by atoms with Crippen molar-refractivity contribution in [1.82, 2.24) is 15.1 Å². The molecule has 0 radical (unpaired) electrons. The topological polar surface area (TPSA) is 18.5 Å². The predicted octanol–water partition coefficient (Wildman–Crippen LogP) is 1.79. The third kappa shape index (κ3) is 3.46. The summed E-state index contributed by atoms with van der Waals surface area (Å²) in [6.45, 7) is 14.6. The summed E-state index contributed by atoms with van der Waals surface area (Å²) in [5, 5.41) is 3.56. The normalized spacial score (nSPS) is 29.2. The van der Waals surface area contributed by atoms with E-state index >= 15 is 0 Å². The van der Waals surface area contributed by atoms with E-state index in [2.05, 4.69) is 35.9 Å². The van der Waals surface area contributed by atoms with Crippen LogP contribution in [-0.4, -0.2) is 61.2 Å². The van der Waals surface area contributed by atoms with Crippen LogP contribution in [-0.2, 0) is 0 Å². The molecule has 2 rings (SSSR count). The maximum absolute atomic E-state index is 3.56. The van der Waals surface area contributed by atoms with Crippen LogP contribution in [0, 0.1) is 5.92 Å². The first-order valence-corrected chi connectivity index (χ1v) is 7.91. The van der Waals surface area contributed by atoms with E-state index in [4.69, 9.17) is 0 Å². The standard InChI is InChI=1S/C15H31N3/c1-4-7-16-11-13(2)14(3)18-10-9-17-8-5-6-15(17)12-18/h13-16H,4-12H2,1-3H3. The molecule has 2 saturated heterocycles. The second-order valence-electron chi connectivity index (χ2n) is 6.25. The van der Waals surface area contributed by atoms with E-state index in [1.165, 1.54) is 52.0 Å². The number of hydrogen-bond donors (Lipinski definition) is 1. The maximum Gasteiger partial charge on any atom is 0.0224 e. The van der Waals surface area contributed by atoms with Crippen molar-refractivity contribution in [3.8, 4) is 0 Å². The van der Waals surface area contributed by atoms with Crippen LogP contribution in [0.5, 0.6) is 0 Å². The Labute approximate surface area is 113 Å². The Bertz CT molecular complexity index is 244. The molecule has 0 aromatic heterocycles. The van der Waals surface area contributed by atoms with E-state index in [9.17, 15) is 0 Å². The van der Waals surface area contributed by atoms with Gasteiger partial charge in [-0.3, -0.25) is 9.80 Å². The lowest BCUT2D eigenvalue weighted by Gasteiger charge is -2.42. The number of piperazine rings is 1. The van der Waals surface area contributed by atoms with Crippen molar-refractivity contribution in [3.63, 3.8) is 0 Å². The Balaban J connectivity index is 1.76. The van der Waals surface area contributed by atoms with Crippen molar-refractivity contribution in [2.75, 3.05) is 39.3 Å². The maximum atomic E-state index is 3.56. The molecule has 2 aliphatic rings. The average Bonchev–Trinajstić information content (AvgIpc) is 2.85. The largest absolute Gasteiger partial charge is 0.316 e. The van der Waals surface area contributed by atoms with E-state index in [-0.39, 0.29) is 0 Å². The van der Waals surface area contributed by atoms with Crippen LogP contribution in [0.1, 0.15) is 40.0 Å². The Kier molecular flexibility index (Phi) is 5.46. The summed E-state index contributed by atoms with van der Waals surface area (Å²) in [6.07, 6.45) is 4.08. The molecule has 3 heteroatoms. The van der Waals surface area contributed by atoms with Gasteiger partial charge in [0.15, 0.2) is 0 Å². The van der Waals surface area contributed by atoms with Crippen LogP contribution >= 0.6 is 0 Å². The summed E-state index contributed by atoms with van der Waals surface area (Å²) in [7, 11) is 0. The number of nitrogens with one attached hydrogen (secondary N) is 1. The van der Waals surface area contributed by atoms with Gasteiger partial charge in [-0.05, 0) is 51.7 Å². The van der Waals surface area contributed by atoms with E-state index in [1.807, 2.05) is 0 Å². The monoisotopic (exact) mass is 253 g/mol. The zero-order chi connectivity index (χ0) is 13.0. The van der Waals surface area contributed by atoms with Gasteiger partial charge in [0, 0.05) is 31.7 Å². The van der Waals surface area contributed by atoms with Gasteiger partial charge in [0.05, 0.1) is 0 Å². The van der Waals surface area contributed by atoms with Crippen LogP contribution in [0.3, 0.4) is 0 Å². The average molecular weight is 253 g/mol. The molecule has 3 atom stereocenters. The van der Waals surface area contributed by atoms with Gasteiger partial charge in [0.1, 0.15) is 0 Å². The Hall–Kier alpha value is -0.120. The summed E-state index contributed by atoms with van der Waals surface area (Å²) < 4.78 is 0. The van der Waals surface area contributed by atoms with Crippen LogP contribution in [0.4, 0.5) is 0 Å². The van der Waals surface area contributed by atoms with Crippen molar-refractivity contribution >= 4 is 0 Å². The van der Waals surface area contributed by atoms with Gasteiger partial charge in [-0.25, -0.2) is 0 Å². The lowest BCUT2D eigenvalue weighted by molar-refractivity contribution is 0.0586. The van der Waals surface area contributed by atoms with Crippen molar-refractivity contribution in [3.05, 3.63) is 0 Å². The Morgan fingerprint density at radius 1 is 1.22 bits per heavy atom. The Morgan fingerprint density at radius 3 is 2.83 bits per heavy atom. The zero-order valence-electron chi connectivity index (χ0n) is 12.5. The van der Waals surface area contributed by atoms with Gasteiger partial charge < -0.3 is 5.32 Å². The fraction of sp³-hybridized carbons (Fsp3) is 1.00. The van der Waals surface area contributed by atoms with Gasteiger partial charge >= 0.3 is 0 Å². The summed E-state index contributed by atoms with van der Waals surface area (Å²) >= 11 is 0. The first kappa shape index (κ1) is 14.3. The molecule has 0 amide bonds. The van der Waals surface area contributed by atoms with E-state index in [0.717, 1.165) is 24.5 Å². The van der Waals surface area contributed by atoms with Crippen molar-refractivity contribution < 1.29 is 0 Å². The molecule has 0 aliphatic carbocycles. The van der Waals surface area contributed by atoms with Crippen LogP contribution < -0.4 is 5.32 Å². The zero-order valence-corrected chi connectivity index (χ0v) is 12.5. The van der Waals surface area contributed by atoms with Crippen molar-refractivity contribution in [2.24, 2.45) is 5.92 Å². The lowest BCUT2D eigenvalue weighted by atomic mass is 10.00. The van der Waals surface area contributed by atoms with Gasteiger partial charge in [-0.2, -0.15) is 0 Å². The van der Waals surface area contributed by atoms with E-state index in [0.29, 0.717) is 0 Å². The molecule has 0 aromatic rings. The van der Waals surface area contributed by atoms with Gasteiger partial charge in [-0.15, -0.1) is 0 Å². The SMILES string of the molecule is CCCNCC(C)C(C)N1CCN2CCCC2C1. The lowest BCUT2D eigenvalue weighted by Crippen LogP contribution is -2.54. The highest BCUT2D eigenvalue weighted by Crippen LogP contribution is 2.24. The first-order valence-electron chi connectivity index (χ1n) is 7.91. The molecule has 0 saturated carbocycles. The molecule has 2 aliphatic heterocycles. The number of rotatable bonds is 6. The number of nitrogens with zero attached hydrogens (tertiary/aromatic N) is 2. The van der Waals surface area contributed by atoms with Crippen LogP contribution in [0.15, 0.2) is 0 Å². The van der Waals surface area contributed by atoms with Gasteiger partial charge in [0.25, 0.3) is 0 Å². The fourth-order valence-electron chi connectivity index (χ4n) is 3.42. The minimum absolute atomic E-state index is 0.720. The fourth-order valence-corrected chi connectivity index (χ4v) is 3.42. The molecule has 0 spiro atoms. The smallest absolute Gasteiger partial charge is 0.0224 e. The highest BCUT2D eigenvalue weighted by molar-refractivity contribution is 4.89. The van der Waals surface area contributed by atoms with E-state index < -0.39 is 0 Å². The van der Waals surface area contributed by atoms with E-state index in [1.54, 1.807) is 0 Å². The molecule has 2 heterocycles.